The molecule has 0 heterocycles. The van der Waals surface area contributed by atoms with Gasteiger partial charge < -0.3 is 4.90 Å². The van der Waals surface area contributed by atoms with Gasteiger partial charge in [-0.15, -0.1) is 0 Å². The molecule has 0 N–H and O–H groups in total. The smallest absolute Gasteiger partial charge is 0.0569 e. The van der Waals surface area contributed by atoms with Crippen molar-refractivity contribution in [2.45, 2.75) is 52.4 Å². The van der Waals surface area contributed by atoms with Crippen LogP contribution < -0.4 is 4.90 Å². The summed E-state index contributed by atoms with van der Waals surface area (Å²) in [6.07, 6.45) is 0. The minimum Gasteiger partial charge on any atom is -0.310 e. The van der Waals surface area contributed by atoms with E-state index in [2.05, 4.69) is 222 Å². The van der Waals surface area contributed by atoms with Crippen LogP contribution in [0, 0.1) is 13.8 Å². The van der Waals surface area contributed by atoms with Gasteiger partial charge in [0.2, 0.25) is 0 Å². The maximum atomic E-state index is 2.57. The molecular weight excluding hydrogens is 711 g/mol. The third-order valence-electron chi connectivity index (χ3n) is 13.7. The van der Waals surface area contributed by atoms with E-state index in [1.165, 1.54) is 116 Å². The Bertz CT molecular complexity index is 3090. The van der Waals surface area contributed by atoms with Crippen LogP contribution in [0.1, 0.15) is 61.1 Å². The van der Waals surface area contributed by atoms with Crippen LogP contribution in [0.15, 0.2) is 176 Å². The molecular formula is C58H47N. The maximum Gasteiger partial charge on any atom is 0.0569 e. The zero-order chi connectivity index (χ0) is 40.2. The molecule has 0 fully saturated rings. The summed E-state index contributed by atoms with van der Waals surface area (Å²) in [7, 11) is 0. The van der Waals surface area contributed by atoms with E-state index < -0.39 is 0 Å². The number of nitrogens with zero attached hydrogens (tertiary/aromatic N) is 1. The van der Waals surface area contributed by atoms with E-state index in [0.29, 0.717) is 0 Å². The van der Waals surface area contributed by atoms with Crippen molar-refractivity contribution in [3.8, 4) is 44.5 Å². The molecule has 0 unspecified atom stereocenters. The fourth-order valence-corrected chi connectivity index (χ4v) is 10.7. The number of anilines is 3. The van der Waals surface area contributed by atoms with Crippen LogP contribution in [-0.4, -0.2) is 0 Å². The lowest BCUT2D eigenvalue weighted by molar-refractivity contribution is 0.660. The summed E-state index contributed by atoms with van der Waals surface area (Å²) in [5.41, 5.74) is 21.5. The highest BCUT2D eigenvalue weighted by Crippen LogP contribution is 2.55. The van der Waals surface area contributed by atoms with Gasteiger partial charge in [-0.25, -0.2) is 0 Å². The van der Waals surface area contributed by atoms with Crippen LogP contribution in [0.25, 0.3) is 66.1 Å². The lowest BCUT2D eigenvalue weighted by Gasteiger charge is -2.33. The summed E-state index contributed by atoms with van der Waals surface area (Å²) < 4.78 is 0. The molecule has 1 nitrogen and oxygen atoms in total. The monoisotopic (exact) mass is 757 g/mol. The topological polar surface area (TPSA) is 3.24 Å². The Morgan fingerprint density at radius 2 is 0.831 bits per heavy atom. The van der Waals surface area contributed by atoms with E-state index in [0.717, 1.165) is 0 Å². The largest absolute Gasteiger partial charge is 0.310 e. The predicted octanol–water partition coefficient (Wildman–Crippen LogP) is 16.0. The van der Waals surface area contributed by atoms with Crippen molar-refractivity contribution in [3.05, 3.63) is 209 Å². The van der Waals surface area contributed by atoms with Crippen LogP contribution in [0.2, 0.25) is 0 Å². The second-order valence-electron chi connectivity index (χ2n) is 17.8. The van der Waals surface area contributed by atoms with Gasteiger partial charge in [-0.1, -0.05) is 161 Å². The van der Waals surface area contributed by atoms with Gasteiger partial charge >= 0.3 is 0 Å². The molecule has 0 radical (unpaired) electrons. The second kappa shape index (κ2) is 12.9. The summed E-state index contributed by atoms with van der Waals surface area (Å²) >= 11 is 0. The molecule has 0 aromatic heterocycles. The van der Waals surface area contributed by atoms with Crippen LogP contribution >= 0.6 is 0 Å². The fraction of sp³-hybridized carbons (Fsp3) is 0.138. The van der Waals surface area contributed by atoms with E-state index in [-0.39, 0.29) is 10.8 Å². The molecule has 11 rings (SSSR count). The van der Waals surface area contributed by atoms with Crippen molar-refractivity contribution in [2.24, 2.45) is 0 Å². The predicted molar refractivity (Wildman–Crippen MR) is 252 cm³/mol. The number of hydrogen-bond acceptors (Lipinski definition) is 1. The third-order valence-corrected chi connectivity index (χ3v) is 13.7. The van der Waals surface area contributed by atoms with Gasteiger partial charge in [0.15, 0.2) is 0 Å². The zero-order valence-electron chi connectivity index (χ0n) is 34.7. The minimum absolute atomic E-state index is 0.135. The molecule has 59 heavy (non-hydrogen) atoms. The van der Waals surface area contributed by atoms with Crippen LogP contribution in [-0.2, 0) is 10.8 Å². The average Bonchev–Trinajstić information content (AvgIpc) is 3.63. The van der Waals surface area contributed by atoms with Crippen molar-refractivity contribution >= 4 is 38.6 Å². The van der Waals surface area contributed by atoms with Gasteiger partial charge in [-0.3, -0.25) is 0 Å². The van der Waals surface area contributed by atoms with Gasteiger partial charge in [0.25, 0.3) is 0 Å². The van der Waals surface area contributed by atoms with Gasteiger partial charge in [0.1, 0.15) is 0 Å². The molecule has 2 aliphatic rings. The highest BCUT2D eigenvalue weighted by atomic mass is 15.1. The first-order valence-electron chi connectivity index (χ1n) is 21.0. The highest BCUT2D eigenvalue weighted by Gasteiger charge is 2.38. The first-order valence-corrected chi connectivity index (χ1v) is 21.0. The Kier molecular flexibility index (Phi) is 7.75. The summed E-state index contributed by atoms with van der Waals surface area (Å²) in [6.45, 7) is 14.1. The molecule has 9 aromatic carbocycles. The lowest BCUT2D eigenvalue weighted by Crippen LogP contribution is -2.19. The average molecular weight is 758 g/mol. The van der Waals surface area contributed by atoms with E-state index in [1.807, 2.05) is 0 Å². The Balaban J connectivity index is 1.20. The normalized spacial score (nSPS) is 14.2. The Labute approximate surface area is 348 Å². The maximum absolute atomic E-state index is 2.57. The van der Waals surface area contributed by atoms with Crippen LogP contribution in [0.5, 0.6) is 0 Å². The molecule has 0 amide bonds. The number of fused-ring (bicyclic) bond motifs is 9. The summed E-state index contributed by atoms with van der Waals surface area (Å²) in [6, 6.07) is 66.2. The molecule has 1 heteroatoms. The second-order valence-corrected chi connectivity index (χ2v) is 17.8. The number of aryl methyl sites for hydroxylation is 2. The van der Waals surface area contributed by atoms with Crippen molar-refractivity contribution in [1.29, 1.82) is 0 Å². The standard InChI is InChI=1S/C58H47N/c1-36-17-7-9-19-42(36)51-33-39(50-32-38-18-8-10-20-43(38)44-21-11-12-22-45(44)50)31-37(2)56(51)59(40-27-29-48-46-23-13-15-25-52(46)57(3,4)54(48)34-40)41-28-30-49-47-24-14-16-26-53(47)58(5,6)55(49)35-41/h7-35H,1-6H3. The van der Waals surface area contributed by atoms with E-state index in [4.69, 9.17) is 0 Å². The molecule has 0 bridgehead atoms. The van der Waals surface area contributed by atoms with Crippen LogP contribution in [0.4, 0.5) is 17.1 Å². The SMILES string of the molecule is Cc1ccccc1-c1cc(-c2cc3ccccc3c3ccccc23)cc(C)c1N(c1ccc2c(c1)C(C)(C)c1ccccc1-2)c1ccc2c(c1)C(C)(C)c1ccccc1-2. The molecule has 0 saturated carbocycles. The third kappa shape index (κ3) is 5.24. The summed E-state index contributed by atoms with van der Waals surface area (Å²) in [4.78, 5) is 2.57. The quantitative estimate of drug-likeness (QED) is 0.158. The highest BCUT2D eigenvalue weighted by molar-refractivity contribution is 6.14. The van der Waals surface area contributed by atoms with E-state index in [9.17, 15) is 0 Å². The summed E-state index contributed by atoms with van der Waals surface area (Å²) in [5, 5.41) is 5.09. The minimum atomic E-state index is -0.135. The molecule has 2 aliphatic carbocycles. The molecule has 0 atom stereocenters. The van der Waals surface area contributed by atoms with Gasteiger partial charge in [-0.05, 0) is 150 Å². The van der Waals surface area contributed by atoms with Crippen molar-refractivity contribution in [1.82, 2.24) is 0 Å². The Hall–Kier alpha value is -6.70. The molecule has 0 saturated heterocycles. The van der Waals surface area contributed by atoms with Crippen molar-refractivity contribution in [3.63, 3.8) is 0 Å². The van der Waals surface area contributed by atoms with Crippen molar-refractivity contribution in [2.75, 3.05) is 4.90 Å². The number of hydrogen-bond donors (Lipinski definition) is 0. The number of benzene rings is 9. The van der Waals surface area contributed by atoms with Gasteiger partial charge in [-0.2, -0.15) is 0 Å². The molecule has 0 aliphatic heterocycles. The van der Waals surface area contributed by atoms with E-state index in [1.54, 1.807) is 0 Å². The van der Waals surface area contributed by atoms with E-state index >= 15 is 0 Å². The van der Waals surface area contributed by atoms with Gasteiger partial charge in [0.05, 0.1) is 5.69 Å². The molecule has 284 valence electrons. The summed E-state index contributed by atoms with van der Waals surface area (Å²) in [5.74, 6) is 0. The lowest BCUT2D eigenvalue weighted by atomic mass is 9.82. The Morgan fingerprint density at radius 1 is 0.339 bits per heavy atom. The first-order chi connectivity index (χ1) is 28.6. The van der Waals surface area contributed by atoms with Gasteiger partial charge in [0, 0.05) is 27.8 Å². The first kappa shape index (κ1) is 35.5. The zero-order valence-corrected chi connectivity index (χ0v) is 34.7. The fourth-order valence-electron chi connectivity index (χ4n) is 10.7. The number of rotatable bonds is 5. The molecule has 0 spiro atoms. The van der Waals surface area contributed by atoms with Crippen molar-refractivity contribution < 1.29 is 0 Å². The molecule has 9 aromatic rings. The van der Waals surface area contributed by atoms with Crippen LogP contribution in [0.3, 0.4) is 0 Å². The Morgan fingerprint density at radius 3 is 1.44 bits per heavy atom.